The molecule has 2 fully saturated rings. The number of halogens is 3. The summed E-state index contributed by atoms with van der Waals surface area (Å²) < 4.78 is 40.9. The Kier molecular flexibility index (Phi) is 4.48. The van der Waals surface area contributed by atoms with Crippen molar-refractivity contribution >= 4 is 16.7 Å². The van der Waals surface area contributed by atoms with Crippen molar-refractivity contribution in [2.75, 3.05) is 11.4 Å². The highest BCUT2D eigenvalue weighted by Gasteiger charge is 2.38. The van der Waals surface area contributed by atoms with Gasteiger partial charge in [0.2, 0.25) is 0 Å². The lowest BCUT2D eigenvalue weighted by molar-refractivity contribution is -0.141. The molecule has 0 spiro atoms. The minimum absolute atomic E-state index is 0.140. The van der Waals surface area contributed by atoms with Crippen LogP contribution in [0.25, 0.3) is 10.9 Å². The van der Waals surface area contributed by atoms with Crippen molar-refractivity contribution in [3.05, 3.63) is 58.5 Å². The summed E-state index contributed by atoms with van der Waals surface area (Å²) in [4.78, 5) is 28.5. The van der Waals surface area contributed by atoms with Gasteiger partial charge in [-0.25, -0.2) is 9.97 Å². The second-order valence-electron chi connectivity index (χ2n) is 7.88. The van der Waals surface area contributed by atoms with Crippen molar-refractivity contribution in [1.82, 2.24) is 19.5 Å². The molecule has 1 aromatic carbocycles. The lowest BCUT2D eigenvalue weighted by atomic mass is 10.1. The normalized spacial score (nSPS) is 19.6. The van der Waals surface area contributed by atoms with Crippen molar-refractivity contribution in [3.63, 3.8) is 0 Å². The zero-order chi connectivity index (χ0) is 20.9. The fraction of sp³-hybridized carbons (Fsp3) is 0.429. The van der Waals surface area contributed by atoms with Crippen LogP contribution in [0.15, 0.2) is 41.5 Å². The van der Waals surface area contributed by atoms with Crippen molar-refractivity contribution in [3.8, 4) is 0 Å². The molecule has 5 rings (SSSR count). The molecule has 1 aliphatic carbocycles. The number of fused-ring (bicyclic) bond motifs is 1. The maximum absolute atomic E-state index is 13.4. The SMILES string of the molecule is O=c1c2ccccc2nc(C2CCCN2c2nccnc2C2CC2)n1CC(F)(F)F. The predicted octanol–water partition coefficient (Wildman–Crippen LogP) is 3.97. The number of para-hydroxylation sites is 1. The summed E-state index contributed by atoms with van der Waals surface area (Å²) in [5, 5.41) is 0.188. The van der Waals surface area contributed by atoms with E-state index in [9.17, 15) is 18.0 Å². The summed E-state index contributed by atoms with van der Waals surface area (Å²) in [5.74, 6) is 1.18. The summed E-state index contributed by atoms with van der Waals surface area (Å²) in [6, 6.07) is 6.08. The minimum Gasteiger partial charge on any atom is -0.345 e. The number of nitrogens with zero attached hydrogens (tertiary/aromatic N) is 5. The lowest BCUT2D eigenvalue weighted by Gasteiger charge is -2.29. The van der Waals surface area contributed by atoms with Crippen LogP contribution in [0.5, 0.6) is 0 Å². The molecule has 156 valence electrons. The van der Waals surface area contributed by atoms with E-state index in [0.29, 0.717) is 30.2 Å². The van der Waals surface area contributed by atoms with Gasteiger partial charge in [-0.05, 0) is 37.8 Å². The summed E-state index contributed by atoms with van der Waals surface area (Å²) in [6.07, 6.45) is 2.18. The van der Waals surface area contributed by atoms with E-state index < -0.39 is 24.3 Å². The third-order valence-electron chi connectivity index (χ3n) is 5.72. The second kappa shape index (κ2) is 7.07. The molecule has 6 nitrogen and oxygen atoms in total. The van der Waals surface area contributed by atoms with Crippen molar-refractivity contribution in [1.29, 1.82) is 0 Å². The van der Waals surface area contributed by atoms with Gasteiger partial charge < -0.3 is 4.90 Å². The predicted molar refractivity (Wildman–Crippen MR) is 105 cm³/mol. The number of anilines is 1. The maximum atomic E-state index is 13.4. The maximum Gasteiger partial charge on any atom is 0.406 e. The highest BCUT2D eigenvalue weighted by Crippen LogP contribution is 2.45. The molecule has 3 aromatic rings. The standard InChI is InChI=1S/C21H20F3N5O/c22-21(23,24)12-29-18(27-15-5-2-1-4-14(15)20(29)30)16-6-3-11-28(16)19-17(13-7-8-13)25-9-10-26-19/h1-2,4-5,9-10,13,16H,3,6-8,11-12H2. The largest absolute Gasteiger partial charge is 0.406 e. The molecule has 0 N–H and O–H groups in total. The monoisotopic (exact) mass is 415 g/mol. The number of benzene rings is 1. The number of aromatic nitrogens is 4. The summed E-state index contributed by atoms with van der Waals surface area (Å²) >= 11 is 0. The van der Waals surface area contributed by atoms with E-state index in [-0.39, 0.29) is 11.2 Å². The smallest absolute Gasteiger partial charge is 0.345 e. The zero-order valence-corrected chi connectivity index (χ0v) is 16.1. The Bertz CT molecular complexity index is 1160. The number of hydrogen-bond acceptors (Lipinski definition) is 5. The highest BCUT2D eigenvalue weighted by atomic mass is 19.4. The molecule has 1 atom stereocenters. The second-order valence-corrected chi connectivity index (χ2v) is 7.88. The van der Waals surface area contributed by atoms with Crippen LogP contribution in [0.3, 0.4) is 0 Å². The number of hydrogen-bond donors (Lipinski definition) is 0. The van der Waals surface area contributed by atoms with Gasteiger partial charge in [0, 0.05) is 24.9 Å². The fourth-order valence-corrected chi connectivity index (χ4v) is 4.27. The van der Waals surface area contributed by atoms with Gasteiger partial charge in [0.05, 0.1) is 22.6 Å². The first kappa shape index (κ1) is 19.0. The van der Waals surface area contributed by atoms with Gasteiger partial charge in [0.15, 0.2) is 5.82 Å². The Morgan fingerprint density at radius 2 is 1.83 bits per heavy atom. The van der Waals surface area contributed by atoms with Gasteiger partial charge in [-0.3, -0.25) is 14.3 Å². The van der Waals surface area contributed by atoms with Crippen molar-refractivity contribution in [2.24, 2.45) is 0 Å². The first-order chi connectivity index (χ1) is 14.4. The molecule has 1 unspecified atom stereocenters. The molecule has 1 saturated heterocycles. The highest BCUT2D eigenvalue weighted by molar-refractivity contribution is 5.77. The van der Waals surface area contributed by atoms with E-state index in [1.54, 1.807) is 30.6 Å². The Morgan fingerprint density at radius 3 is 2.60 bits per heavy atom. The Morgan fingerprint density at radius 1 is 1.07 bits per heavy atom. The van der Waals surface area contributed by atoms with Crippen LogP contribution in [0.4, 0.5) is 19.0 Å². The molecular formula is C21H20F3N5O. The van der Waals surface area contributed by atoms with Gasteiger partial charge >= 0.3 is 6.18 Å². The van der Waals surface area contributed by atoms with Crippen LogP contribution >= 0.6 is 0 Å². The van der Waals surface area contributed by atoms with E-state index in [0.717, 1.165) is 29.5 Å². The third kappa shape index (κ3) is 3.42. The van der Waals surface area contributed by atoms with Crippen LogP contribution in [-0.2, 0) is 6.54 Å². The lowest BCUT2D eigenvalue weighted by Crippen LogP contribution is -2.36. The average molecular weight is 415 g/mol. The molecule has 1 saturated carbocycles. The van der Waals surface area contributed by atoms with Gasteiger partial charge in [0.1, 0.15) is 12.4 Å². The van der Waals surface area contributed by atoms with Crippen LogP contribution in [0.2, 0.25) is 0 Å². The Hall–Kier alpha value is -2.97. The van der Waals surface area contributed by atoms with Crippen LogP contribution < -0.4 is 10.5 Å². The fourth-order valence-electron chi connectivity index (χ4n) is 4.27. The summed E-state index contributed by atoms with van der Waals surface area (Å²) in [7, 11) is 0. The molecule has 30 heavy (non-hydrogen) atoms. The van der Waals surface area contributed by atoms with Crippen molar-refractivity contribution < 1.29 is 13.2 Å². The van der Waals surface area contributed by atoms with Gasteiger partial charge in [0.25, 0.3) is 5.56 Å². The van der Waals surface area contributed by atoms with Crippen LogP contribution in [0.1, 0.15) is 49.2 Å². The Balaban J connectivity index is 1.66. The quantitative estimate of drug-likeness (QED) is 0.645. The van der Waals surface area contributed by atoms with Crippen LogP contribution in [0, 0.1) is 0 Å². The van der Waals surface area contributed by atoms with Gasteiger partial charge in [-0.15, -0.1) is 0 Å². The third-order valence-corrected chi connectivity index (χ3v) is 5.72. The zero-order valence-electron chi connectivity index (χ0n) is 16.1. The first-order valence-electron chi connectivity index (χ1n) is 10.1. The summed E-state index contributed by atoms with van der Waals surface area (Å²) in [6.45, 7) is -0.725. The average Bonchev–Trinajstić information content (AvgIpc) is 3.46. The van der Waals surface area contributed by atoms with E-state index in [1.807, 2.05) is 4.90 Å². The molecule has 9 heteroatoms. The molecule has 0 radical (unpaired) electrons. The molecule has 1 aliphatic heterocycles. The number of rotatable bonds is 4. The minimum atomic E-state index is -4.53. The van der Waals surface area contributed by atoms with E-state index >= 15 is 0 Å². The van der Waals surface area contributed by atoms with Gasteiger partial charge in [-0.1, -0.05) is 12.1 Å². The summed E-state index contributed by atoms with van der Waals surface area (Å²) in [5.41, 5.74) is 0.626. The molecule has 2 aromatic heterocycles. The van der Waals surface area contributed by atoms with Crippen LogP contribution in [-0.4, -0.2) is 32.2 Å². The first-order valence-corrected chi connectivity index (χ1v) is 10.1. The Labute approximate surface area is 170 Å². The van der Waals surface area contributed by atoms with E-state index in [1.165, 1.54) is 6.07 Å². The molecule has 2 aliphatic rings. The topological polar surface area (TPSA) is 63.9 Å². The van der Waals surface area contributed by atoms with E-state index in [2.05, 4.69) is 15.0 Å². The number of alkyl halides is 3. The molecule has 3 heterocycles. The molecule has 0 bridgehead atoms. The van der Waals surface area contributed by atoms with Gasteiger partial charge in [-0.2, -0.15) is 13.2 Å². The molecule has 0 amide bonds. The van der Waals surface area contributed by atoms with Crippen molar-refractivity contribution in [2.45, 2.75) is 50.4 Å². The van der Waals surface area contributed by atoms with E-state index in [4.69, 9.17) is 0 Å². The molecular weight excluding hydrogens is 395 g/mol.